The molecule has 1 unspecified atom stereocenters. The van der Waals surface area contributed by atoms with E-state index in [4.69, 9.17) is 0 Å². The first-order valence-corrected chi connectivity index (χ1v) is 9.34. The molecule has 2 rings (SSSR count). The molecule has 0 fully saturated rings. The fourth-order valence-electron chi connectivity index (χ4n) is 2.10. The molecular weight excluding hydrogens is 300 g/mol. The maximum atomic E-state index is 4.57. The number of rotatable bonds is 8. The summed E-state index contributed by atoms with van der Waals surface area (Å²) in [4.78, 5) is 10.4. The molecule has 0 amide bonds. The Kier molecular flexibility index (Phi) is 6.32. The summed E-state index contributed by atoms with van der Waals surface area (Å²) in [6, 6.07) is 6.58. The molecule has 0 saturated heterocycles. The lowest BCUT2D eigenvalue weighted by atomic mass is 10.1. The maximum absolute atomic E-state index is 4.57. The van der Waals surface area contributed by atoms with E-state index in [0.717, 1.165) is 36.2 Å². The highest BCUT2D eigenvalue weighted by Gasteiger charge is 2.13. The van der Waals surface area contributed by atoms with E-state index >= 15 is 0 Å². The molecule has 2 heterocycles. The molecule has 0 aliphatic heterocycles. The largest absolute Gasteiger partial charge is 0.370 e. The predicted octanol–water partition coefficient (Wildman–Crippen LogP) is 4.65. The van der Waals surface area contributed by atoms with E-state index in [1.165, 1.54) is 4.88 Å². The zero-order valence-electron chi connectivity index (χ0n) is 12.7. The summed E-state index contributed by atoms with van der Waals surface area (Å²) < 4.78 is 0. The van der Waals surface area contributed by atoms with E-state index in [-0.39, 0.29) is 0 Å². The lowest BCUT2D eigenvalue weighted by Gasteiger charge is -2.18. The Hall–Kier alpha value is -1.27. The molecule has 114 valence electrons. The first-order chi connectivity index (χ1) is 10.3. The van der Waals surface area contributed by atoms with Crippen LogP contribution in [-0.4, -0.2) is 22.8 Å². The average Bonchev–Trinajstić information content (AvgIpc) is 3.01. The third kappa shape index (κ3) is 4.61. The van der Waals surface area contributed by atoms with Crippen molar-refractivity contribution in [3.8, 4) is 0 Å². The summed E-state index contributed by atoms with van der Waals surface area (Å²) in [6.07, 6.45) is 4.23. The number of thioether (sulfide) groups is 1. The van der Waals surface area contributed by atoms with Crippen LogP contribution in [0.4, 0.5) is 11.6 Å². The summed E-state index contributed by atoms with van der Waals surface area (Å²) >= 11 is 3.35. The van der Waals surface area contributed by atoms with E-state index in [1.54, 1.807) is 23.1 Å². The minimum atomic E-state index is 0.314. The number of nitrogens with zero attached hydrogens (tertiary/aromatic N) is 2. The van der Waals surface area contributed by atoms with Crippen molar-refractivity contribution in [1.82, 2.24) is 9.97 Å². The zero-order valence-corrected chi connectivity index (χ0v) is 14.4. The van der Waals surface area contributed by atoms with Crippen molar-refractivity contribution < 1.29 is 0 Å². The van der Waals surface area contributed by atoms with E-state index in [2.05, 4.69) is 52.0 Å². The lowest BCUT2D eigenvalue weighted by Crippen LogP contribution is -2.12. The molecule has 0 radical (unpaired) electrons. The zero-order chi connectivity index (χ0) is 15.1. The fraction of sp³-hybridized carbons (Fsp3) is 0.467. The van der Waals surface area contributed by atoms with E-state index in [9.17, 15) is 0 Å². The van der Waals surface area contributed by atoms with Crippen molar-refractivity contribution in [2.45, 2.75) is 37.9 Å². The van der Waals surface area contributed by atoms with Crippen LogP contribution in [0.3, 0.4) is 0 Å². The fourth-order valence-corrected chi connectivity index (χ4v) is 3.30. The Balaban J connectivity index is 2.21. The van der Waals surface area contributed by atoms with E-state index in [1.807, 2.05) is 12.3 Å². The van der Waals surface area contributed by atoms with E-state index in [0.29, 0.717) is 6.04 Å². The van der Waals surface area contributed by atoms with Crippen LogP contribution in [-0.2, 0) is 0 Å². The Morgan fingerprint density at radius 2 is 2.10 bits per heavy atom. The van der Waals surface area contributed by atoms with Crippen LogP contribution >= 0.6 is 23.1 Å². The monoisotopic (exact) mass is 322 g/mol. The Morgan fingerprint density at radius 1 is 1.29 bits per heavy atom. The first-order valence-electron chi connectivity index (χ1n) is 7.23. The molecule has 0 aliphatic carbocycles. The van der Waals surface area contributed by atoms with Gasteiger partial charge in [-0.25, -0.2) is 9.97 Å². The number of aromatic nitrogens is 2. The van der Waals surface area contributed by atoms with Crippen molar-refractivity contribution in [2.75, 3.05) is 23.4 Å². The minimum absolute atomic E-state index is 0.314. The molecule has 6 heteroatoms. The van der Waals surface area contributed by atoms with Gasteiger partial charge in [0, 0.05) is 17.5 Å². The van der Waals surface area contributed by atoms with Crippen molar-refractivity contribution in [1.29, 1.82) is 0 Å². The van der Waals surface area contributed by atoms with Crippen LogP contribution in [0.15, 0.2) is 28.7 Å². The number of hydrogen-bond donors (Lipinski definition) is 2. The van der Waals surface area contributed by atoms with Gasteiger partial charge in [0.15, 0.2) is 5.16 Å². The van der Waals surface area contributed by atoms with Gasteiger partial charge < -0.3 is 10.6 Å². The normalized spacial score (nSPS) is 12.1. The number of anilines is 2. The highest BCUT2D eigenvalue weighted by molar-refractivity contribution is 7.98. The molecule has 21 heavy (non-hydrogen) atoms. The van der Waals surface area contributed by atoms with Crippen molar-refractivity contribution in [2.24, 2.45) is 0 Å². The minimum Gasteiger partial charge on any atom is -0.370 e. The first kappa shape index (κ1) is 16.1. The maximum Gasteiger partial charge on any atom is 0.191 e. The SMILES string of the molecule is CCCC(Nc1cc(NCC)nc(SC)n1)c1cccs1. The summed E-state index contributed by atoms with van der Waals surface area (Å²) in [5.41, 5.74) is 0. The predicted molar refractivity (Wildman–Crippen MR) is 93.6 cm³/mol. The molecule has 2 aromatic heterocycles. The summed E-state index contributed by atoms with van der Waals surface area (Å²) in [6.45, 7) is 5.13. The second-order valence-corrected chi connectivity index (χ2v) is 6.41. The van der Waals surface area contributed by atoms with Gasteiger partial charge in [-0.15, -0.1) is 11.3 Å². The second-order valence-electron chi connectivity index (χ2n) is 4.66. The third-order valence-electron chi connectivity index (χ3n) is 3.03. The van der Waals surface area contributed by atoms with Crippen LogP contribution in [0, 0.1) is 0 Å². The van der Waals surface area contributed by atoms with Gasteiger partial charge in [-0.2, -0.15) is 0 Å². The summed E-state index contributed by atoms with van der Waals surface area (Å²) in [5, 5.41) is 9.73. The second kappa shape index (κ2) is 8.24. The van der Waals surface area contributed by atoms with Gasteiger partial charge >= 0.3 is 0 Å². The highest BCUT2D eigenvalue weighted by Crippen LogP contribution is 2.28. The Bertz CT molecular complexity index is 543. The number of hydrogen-bond acceptors (Lipinski definition) is 6. The van der Waals surface area contributed by atoms with Gasteiger partial charge in [-0.1, -0.05) is 31.2 Å². The van der Waals surface area contributed by atoms with Crippen molar-refractivity contribution >= 4 is 34.7 Å². The molecule has 1 atom stereocenters. The lowest BCUT2D eigenvalue weighted by molar-refractivity contribution is 0.682. The van der Waals surface area contributed by atoms with Crippen molar-refractivity contribution in [3.63, 3.8) is 0 Å². The van der Waals surface area contributed by atoms with Crippen LogP contribution in [0.25, 0.3) is 0 Å². The molecule has 0 spiro atoms. The third-order valence-corrected chi connectivity index (χ3v) is 4.57. The van der Waals surface area contributed by atoms with E-state index < -0.39 is 0 Å². The molecule has 0 saturated carbocycles. The highest BCUT2D eigenvalue weighted by atomic mass is 32.2. The molecular formula is C15H22N4S2. The molecule has 0 aliphatic rings. The van der Waals surface area contributed by atoms with Crippen LogP contribution in [0.1, 0.15) is 37.6 Å². The Labute approximate surface area is 134 Å². The van der Waals surface area contributed by atoms with Crippen molar-refractivity contribution in [3.05, 3.63) is 28.5 Å². The molecule has 0 bridgehead atoms. The van der Waals surface area contributed by atoms with Crippen LogP contribution in [0.5, 0.6) is 0 Å². The van der Waals surface area contributed by atoms with Gasteiger partial charge in [-0.3, -0.25) is 0 Å². The summed E-state index contributed by atoms with van der Waals surface area (Å²) in [7, 11) is 0. The van der Waals surface area contributed by atoms with Gasteiger partial charge in [0.1, 0.15) is 11.6 Å². The standard InChI is InChI=1S/C15H22N4S2/c1-4-7-11(12-8-6-9-21-12)17-14-10-13(16-5-2)18-15(19-14)20-3/h6,8-11H,4-5,7H2,1-3H3,(H2,16,17,18,19). The molecule has 2 N–H and O–H groups in total. The molecule has 2 aromatic rings. The number of nitrogens with one attached hydrogen (secondary N) is 2. The van der Waals surface area contributed by atoms with Crippen LogP contribution in [0.2, 0.25) is 0 Å². The topological polar surface area (TPSA) is 49.8 Å². The van der Waals surface area contributed by atoms with Crippen LogP contribution < -0.4 is 10.6 Å². The number of thiophene rings is 1. The van der Waals surface area contributed by atoms with Gasteiger partial charge in [0.05, 0.1) is 6.04 Å². The smallest absolute Gasteiger partial charge is 0.191 e. The molecule has 0 aromatic carbocycles. The quantitative estimate of drug-likeness (QED) is 0.547. The average molecular weight is 323 g/mol. The van der Waals surface area contributed by atoms with Gasteiger partial charge in [-0.05, 0) is 31.0 Å². The molecule has 4 nitrogen and oxygen atoms in total. The summed E-state index contributed by atoms with van der Waals surface area (Å²) in [5.74, 6) is 1.76. The van der Waals surface area contributed by atoms with Gasteiger partial charge in [0.25, 0.3) is 0 Å². The van der Waals surface area contributed by atoms with Gasteiger partial charge in [0.2, 0.25) is 0 Å². The Morgan fingerprint density at radius 3 is 2.71 bits per heavy atom.